The van der Waals surface area contributed by atoms with E-state index in [0.29, 0.717) is 37.7 Å². The molecule has 4 aliphatic rings. The van der Waals surface area contributed by atoms with E-state index in [1.54, 1.807) is 7.11 Å². The molecule has 0 amide bonds. The van der Waals surface area contributed by atoms with Crippen molar-refractivity contribution in [3.63, 3.8) is 0 Å². The lowest BCUT2D eigenvalue weighted by molar-refractivity contribution is -0.114. The first-order chi connectivity index (χ1) is 16.8. The summed E-state index contributed by atoms with van der Waals surface area (Å²) in [5, 5.41) is 21.4. The molecule has 2 fully saturated rings. The Hall–Kier alpha value is -1.86. The summed E-state index contributed by atoms with van der Waals surface area (Å²) in [5.74, 6) is 1.62. The second-order valence-corrected chi connectivity index (χ2v) is 11.2. The summed E-state index contributed by atoms with van der Waals surface area (Å²) in [6, 6.07) is 8.12. The van der Waals surface area contributed by atoms with E-state index in [0.717, 1.165) is 49.0 Å². The highest BCUT2D eigenvalue weighted by Gasteiger charge is 2.61. The van der Waals surface area contributed by atoms with Gasteiger partial charge in [-0.15, -0.1) is 0 Å². The lowest BCUT2D eigenvalue weighted by Gasteiger charge is -2.45. The van der Waals surface area contributed by atoms with Crippen molar-refractivity contribution in [1.29, 1.82) is 0 Å². The maximum absolute atomic E-state index is 12.2. The summed E-state index contributed by atoms with van der Waals surface area (Å²) in [6.45, 7) is 6.86. The van der Waals surface area contributed by atoms with Gasteiger partial charge in [0.1, 0.15) is 11.9 Å². The number of carbonyl (C=O) groups excluding carboxylic acids is 1. The van der Waals surface area contributed by atoms with E-state index in [1.807, 2.05) is 18.2 Å². The van der Waals surface area contributed by atoms with Crippen LogP contribution in [0, 0.1) is 17.3 Å². The largest absolute Gasteiger partial charge is 0.497 e. The van der Waals surface area contributed by atoms with Gasteiger partial charge in [0.15, 0.2) is 5.78 Å². The molecule has 5 rings (SSSR count). The molecule has 0 aromatic heterocycles. The van der Waals surface area contributed by atoms with Gasteiger partial charge < -0.3 is 19.7 Å². The monoisotopic (exact) mass is 576 g/mol. The first kappa shape index (κ1) is 38.1. The van der Waals surface area contributed by atoms with Crippen LogP contribution in [-0.2, 0) is 9.53 Å². The number of ketones is 1. The van der Waals surface area contributed by atoms with E-state index in [-0.39, 0.29) is 61.7 Å². The topological polar surface area (TPSA) is 76.0 Å². The second-order valence-electron chi connectivity index (χ2n) is 11.2. The molecule has 1 saturated heterocycles. The number of aliphatic hydroxyl groups excluding tert-OH is 1. The molecular formula is C34H56O5S. The number of rotatable bonds is 6. The molecule has 0 radical (unpaired) electrons. The van der Waals surface area contributed by atoms with Crippen molar-refractivity contribution >= 4 is 19.3 Å². The van der Waals surface area contributed by atoms with Crippen LogP contribution in [0.3, 0.4) is 0 Å². The number of allylic oxidation sites excluding steroid dienone is 3. The molecule has 1 aromatic rings. The van der Waals surface area contributed by atoms with Gasteiger partial charge in [0.25, 0.3) is 0 Å². The normalized spacial score (nSPS) is 30.1. The Balaban J connectivity index is 0.00000304. The zero-order chi connectivity index (χ0) is 24.8. The summed E-state index contributed by atoms with van der Waals surface area (Å²) < 4.78 is 12.2. The number of methoxy groups -OCH3 is 1. The number of carbonyl (C=O) groups is 1. The lowest BCUT2D eigenvalue weighted by Crippen LogP contribution is -2.49. The Morgan fingerprint density at radius 3 is 2.40 bits per heavy atom. The van der Waals surface area contributed by atoms with Crippen LogP contribution in [0.15, 0.2) is 59.2 Å². The zero-order valence-electron chi connectivity index (χ0n) is 21.5. The maximum atomic E-state index is 12.2. The third-order valence-corrected chi connectivity index (χ3v) is 9.31. The summed E-state index contributed by atoms with van der Waals surface area (Å²) in [7, 11) is 1.67. The number of fused-ring (bicyclic) bond motifs is 4. The van der Waals surface area contributed by atoms with Gasteiger partial charge in [-0.3, -0.25) is 4.79 Å². The molecule has 1 aliphatic heterocycles. The summed E-state index contributed by atoms with van der Waals surface area (Å²) in [5.41, 5.74) is 4.47. The van der Waals surface area contributed by atoms with Crippen molar-refractivity contribution < 1.29 is 24.5 Å². The highest BCUT2D eigenvalue weighted by atomic mass is 32.1. The van der Waals surface area contributed by atoms with Crippen molar-refractivity contribution in [2.24, 2.45) is 17.3 Å². The number of aliphatic hydroxyl groups is 2. The fourth-order valence-electron chi connectivity index (χ4n) is 7.36. The molecule has 2 unspecified atom stereocenters. The van der Waals surface area contributed by atoms with E-state index < -0.39 is 11.0 Å². The molecule has 0 bridgehead atoms. The van der Waals surface area contributed by atoms with Gasteiger partial charge >= 0.3 is 0 Å². The van der Waals surface area contributed by atoms with Gasteiger partial charge in [0.05, 0.1) is 19.3 Å². The molecule has 3 aliphatic carbocycles. The molecule has 1 heterocycles. The third-order valence-electron chi connectivity index (χ3n) is 9.31. The molecule has 5 atom stereocenters. The molecule has 5 nitrogen and oxygen atoms in total. The number of ether oxygens (including phenoxy) is 2. The molecule has 228 valence electrons. The van der Waals surface area contributed by atoms with Crippen molar-refractivity contribution in [2.75, 3.05) is 20.3 Å². The predicted molar refractivity (Wildman–Crippen MR) is 172 cm³/mol. The fourth-order valence-corrected chi connectivity index (χ4v) is 7.36. The number of hydrogen-bond acceptors (Lipinski definition) is 5. The van der Waals surface area contributed by atoms with Crippen molar-refractivity contribution in [2.45, 2.75) is 99.7 Å². The van der Waals surface area contributed by atoms with Crippen LogP contribution in [0.2, 0.25) is 0 Å². The quantitative estimate of drug-likeness (QED) is 0.337. The average Bonchev–Trinajstić information content (AvgIpc) is 3.00. The van der Waals surface area contributed by atoms with Crippen LogP contribution in [0.1, 0.15) is 99.7 Å². The lowest BCUT2D eigenvalue weighted by atomic mass is 9.61. The van der Waals surface area contributed by atoms with Crippen LogP contribution in [0.4, 0.5) is 0 Å². The third kappa shape index (κ3) is 6.46. The maximum Gasteiger partial charge on any atom is 0.156 e. The molecule has 40 heavy (non-hydrogen) atoms. The first-order valence-electron chi connectivity index (χ1n) is 13.0. The van der Waals surface area contributed by atoms with Gasteiger partial charge in [-0.2, -0.15) is 13.5 Å². The molecule has 0 spiro atoms. The van der Waals surface area contributed by atoms with E-state index >= 15 is 0 Å². The Bertz CT molecular complexity index is 1070. The van der Waals surface area contributed by atoms with Crippen LogP contribution in [0.25, 0.3) is 0 Å². The molecule has 1 aromatic carbocycles. The van der Waals surface area contributed by atoms with Crippen molar-refractivity contribution in [3.8, 4) is 5.75 Å². The fraction of sp³-hybridized carbons (Fsp3) is 0.618. The second kappa shape index (κ2) is 14.9. The standard InChI is InChI=1S/C30H38O5.4CH4.H2S/c1-19(13-15-31)17-30(33)14-12-26-25-10-6-21-16-22(32)7-11-24(21)27(25)28(35-18-29(26,30)2)20-4-8-23(34-3)9-5-20;;;;;/h4-5,8-9,16,25-26,28,31,33H,1,6-7,10-15,17-18H2,2-3H3;4*1H4;1H2/t25?,26?,28-,29-,30+;;;;;/m0...../s1. The Morgan fingerprint density at radius 1 is 1.10 bits per heavy atom. The Morgan fingerprint density at radius 2 is 1.77 bits per heavy atom. The number of hydrogen-bond donors (Lipinski definition) is 2. The van der Waals surface area contributed by atoms with Gasteiger partial charge in [-0.25, -0.2) is 0 Å². The molecular weight excluding hydrogens is 520 g/mol. The van der Waals surface area contributed by atoms with Crippen molar-refractivity contribution in [1.82, 2.24) is 0 Å². The van der Waals surface area contributed by atoms with Crippen molar-refractivity contribution in [3.05, 3.63) is 64.8 Å². The Labute approximate surface area is 251 Å². The SMILES string of the molecule is C.C.C.C.C=C(CCO)C[C@]1(O)CCC2C3CCC4=CC(=O)CCC4=C3[C@H](c3ccc(OC)cc3)OC[C@@]21C.S. The summed E-state index contributed by atoms with van der Waals surface area (Å²) >= 11 is 0. The molecule has 2 N–H and O–H groups in total. The molecule has 1 saturated carbocycles. The van der Waals surface area contributed by atoms with E-state index in [9.17, 15) is 15.0 Å². The minimum atomic E-state index is -0.910. The van der Waals surface area contributed by atoms with Crippen LogP contribution >= 0.6 is 13.5 Å². The molecule has 6 heteroatoms. The van der Waals surface area contributed by atoms with Gasteiger partial charge in [0, 0.05) is 18.4 Å². The number of benzene rings is 1. The minimum Gasteiger partial charge on any atom is -0.497 e. The zero-order valence-corrected chi connectivity index (χ0v) is 22.5. The Kier molecular flexibility index (Phi) is 14.2. The minimum absolute atomic E-state index is 0. The van der Waals surface area contributed by atoms with E-state index in [2.05, 4.69) is 25.6 Å². The van der Waals surface area contributed by atoms with Gasteiger partial charge in [0.2, 0.25) is 0 Å². The van der Waals surface area contributed by atoms with E-state index in [1.165, 1.54) is 16.7 Å². The first-order valence-corrected chi connectivity index (χ1v) is 13.0. The highest BCUT2D eigenvalue weighted by Crippen LogP contribution is 2.63. The van der Waals surface area contributed by atoms with Crippen LogP contribution in [-0.4, -0.2) is 41.9 Å². The average molecular weight is 577 g/mol. The summed E-state index contributed by atoms with van der Waals surface area (Å²) in [6.07, 6.45) is 7.53. The van der Waals surface area contributed by atoms with Crippen LogP contribution < -0.4 is 4.74 Å². The van der Waals surface area contributed by atoms with E-state index in [4.69, 9.17) is 9.47 Å². The van der Waals surface area contributed by atoms with Gasteiger partial charge in [-0.1, -0.05) is 60.9 Å². The highest BCUT2D eigenvalue weighted by molar-refractivity contribution is 7.59. The van der Waals surface area contributed by atoms with Gasteiger partial charge in [-0.05, 0) is 97.3 Å². The summed E-state index contributed by atoms with van der Waals surface area (Å²) in [4.78, 5) is 12.2. The van der Waals surface area contributed by atoms with Crippen LogP contribution in [0.5, 0.6) is 5.75 Å². The smallest absolute Gasteiger partial charge is 0.156 e. The predicted octanol–water partition coefficient (Wildman–Crippen LogP) is 7.90.